The van der Waals surface area contributed by atoms with E-state index in [1.165, 1.54) is 17.8 Å². The van der Waals surface area contributed by atoms with Crippen LogP contribution in [0.2, 0.25) is 0 Å². The molecule has 0 atom stereocenters. The van der Waals surface area contributed by atoms with Crippen molar-refractivity contribution in [3.8, 4) is 0 Å². The number of carbonyl (C=O) groups is 2. The lowest BCUT2D eigenvalue weighted by atomic mass is 10.4. The number of hydrogen-bond donors (Lipinski definition) is 1. The molecule has 0 aromatic carbocycles. The van der Waals surface area contributed by atoms with Crippen LogP contribution in [0.5, 0.6) is 0 Å². The van der Waals surface area contributed by atoms with Gasteiger partial charge >= 0.3 is 5.97 Å². The van der Waals surface area contributed by atoms with Crippen LogP contribution >= 0.6 is 0 Å². The van der Waals surface area contributed by atoms with Crippen molar-refractivity contribution in [1.29, 1.82) is 0 Å². The molecule has 11 heavy (non-hydrogen) atoms. The molecule has 0 amide bonds. The van der Waals surface area contributed by atoms with Crippen LogP contribution in [0.3, 0.4) is 0 Å². The molecule has 1 aromatic heterocycles. The first-order valence-electron chi connectivity index (χ1n) is 2.87. The Morgan fingerprint density at radius 3 is 2.73 bits per heavy atom. The first-order valence-corrected chi connectivity index (χ1v) is 2.87. The number of carbonyl (C=O) groups excluding carboxylic acids is 1. The molecule has 0 saturated heterocycles. The van der Waals surface area contributed by atoms with E-state index in [1.807, 2.05) is 0 Å². The summed E-state index contributed by atoms with van der Waals surface area (Å²) in [5.74, 6) is -1.13. The number of hydrogen-bond acceptors (Lipinski definition) is 3. The normalized spacial score (nSPS) is 9.55. The zero-order valence-corrected chi connectivity index (χ0v) is 5.81. The zero-order valence-electron chi connectivity index (χ0n) is 5.81. The molecule has 0 fully saturated rings. The number of aldehydes is 1. The Balaban J connectivity index is 3.14. The lowest BCUT2D eigenvalue weighted by Crippen LogP contribution is -1.99. The van der Waals surface area contributed by atoms with Gasteiger partial charge in [-0.1, -0.05) is 0 Å². The van der Waals surface area contributed by atoms with E-state index in [1.54, 1.807) is 0 Å². The van der Waals surface area contributed by atoms with E-state index < -0.39 is 5.97 Å². The largest absolute Gasteiger partial charge is 0.476 e. The summed E-state index contributed by atoms with van der Waals surface area (Å²) in [6, 6.07) is 1.22. The second kappa shape index (κ2) is 2.53. The average Bonchev–Trinajstić information content (AvgIpc) is 2.31. The fourth-order valence-corrected chi connectivity index (χ4v) is 0.697. The molecular weight excluding hydrogens is 148 g/mol. The molecule has 0 saturated carbocycles. The third-order valence-corrected chi connectivity index (χ3v) is 1.26. The number of aromatic carboxylic acids is 1. The number of rotatable bonds is 2. The van der Waals surface area contributed by atoms with Gasteiger partial charge in [-0.15, -0.1) is 0 Å². The molecule has 0 unspecified atom stereocenters. The Hall–Kier alpha value is -1.65. The van der Waals surface area contributed by atoms with Gasteiger partial charge in [0.2, 0.25) is 0 Å². The van der Waals surface area contributed by atoms with Gasteiger partial charge in [0.1, 0.15) is 5.69 Å². The van der Waals surface area contributed by atoms with Crippen LogP contribution in [0.25, 0.3) is 0 Å². The highest BCUT2D eigenvalue weighted by molar-refractivity contribution is 5.87. The Labute approximate surface area is 62.3 Å². The summed E-state index contributed by atoms with van der Waals surface area (Å²) >= 11 is 0. The van der Waals surface area contributed by atoms with E-state index in [2.05, 4.69) is 5.10 Å². The highest BCUT2D eigenvalue weighted by Crippen LogP contribution is 1.99. The van der Waals surface area contributed by atoms with Crippen molar-refractivity contribution >= 4 is 12.3 Å². The predicted molar refractivity (Wildman–Crippen MR) is 35.6 cm³/mol. The van der Waals surface area contributed by atoms with E-state index in [0.29, 0.717) is 6.29 Å². The van der Waals surface area contributed by atoms with E-state index in [4.69, 9.17) is 5.11 Å². The van der Waals surface area contributed by atoms with E-state index in [9.17, 15) is 9.59 Å². The van der Waals surface area contributed by atoms with Crippen LogP contribution in [0.4, 0.5) is 0 Å². The maximum atomic E-state index is 10.3. The maximum Gasteiger partial charge on any atom is 0.356 e. The average molecular weight is 154 g/mol. The first-order chi connectivity index (χ1) is 5.15. The minimum atomic E-state index is -1.13. The Bertz CT molecular complexity index is 303. The zero-order chi connectivity index (χ0) is 8.43. The summed E-state index contributed by atoms with van der Waals surface area (Å²) < 4.78 is 1.22. The molecule has 0 spiro atoms. The predicted octanol–water partition coefficient (Wildman–Crippen LogP) is -0.0692. The minimum Gasteiger partial charge on any atom is -0.476 e. The third kappa shape index (κ3) is 1.26. The Morgan fingerprint density at radius 1 is 1.82 bits per heavy atom. The van der Waals surface area contributed by atoms with Crippen molar-refractivity contribution < 1.29 is 14.7 Å². The molecule has 1 aromatic rings. The molecule has 5 heteroatoms. The summed E-state index contributed by atoms with van der Waals surface area (Å²) in [7, 11) is 1.51. The van der Waals surface area contributed by atoms with Gasteiger partial charge in [0.15, 0.2) is 12.0 Å². The van der Waals surface area contributed by atoms with E-state index in [-0.39, 0.29) is 11.4 Å². The molecule has 0 aliphatic carbocycles. The molecule has 1 heterocycles. The monoisotopic (exact) mass is 154 g/mol. The number of aryl methyl sites for hydroxylation is 1. The van der Waals surface area contributed by atoms with Gasteiger partial charge in [-0.25, -0.2) is 4.79 Å². The van der Waals surface area contributed by atoms with Crippen molar-refractivity contribution in [3.63, 3.8) is 0 Å². The molecule has 5 nitrogen and oxygen atoms in total. The van der Waals surface area contributed by atoms with Crippen molar-refractivity contribution in [2.45, 2.75) is 0 Å². The Morgan fingerprint density at radius 2 is 2.45 bits per heavy atom. The van der Waals surface area contributed by atoms with Gasteiger partial charge in [-0.05, 0) is 0 Å². The molecule has 0 aliphatic rings. The van der Waals surface area contributed by atoms with Gasteiger partial charge in [-0.3, -0.25) is 9.48 Å². The molecule has 1 N–H and O–H groups in total. The molecular formula is C6H6N2O3. The number of carboxylic acids is 1. The minimum absolute atomic E-state index is 0.116. The van der Waals surface area contributed by atoms with Gasteiger partial charge in [-0.2, -0.15) is 5.10 Å². The van der Waals surface area contributed by atoms with Gasteiger partial charge in [0, 0.05) is 13.1 Å². The number of nitrogens with zero attached hydrogens (tertiary/aromatic N) is 2. The third-order valence-electron chi connectivity index (χ3n) is 1.26. The lowest BCUT2D eigenvalue weighted by Gasteiger charge is -1.87. The standard InChI is InChI=1S/C6H6N2O3/c1-8-4(3-9)2-5(7-8)6(10)11/h2-3H,1H3,(H,10,11). The molecule has 58 valence electrons. The van der Waals surface area contributed by atoms with Crippen molar-refractivity contribution in [2.24, 2.45) is 7.05 Å². The maximum absolute atomic E-state index is 10.3. The van der Waals surface area contributed by atoms with Crippen molar-refractivity contribution in [1.82, 2.24) is 9.78 Å². The van der Waals surface area contributed by atoms with Crippen LogP contribution in [0, 0.1) is 0 Å². The first kappa shape index (κ1) is 7.46. The quantitative estimate of drug-likeness (QED) is 0.605. The van der Waals surface area contributed by atoms with Crippen molar-refractivity contribution in [3.05, 3.63) is 17.5 Å². The summed E-state index contributed by atoms with van der Waals surface area (Å²) in [6.07, 6.45) is 0.555. The smallest absolute Gasteiger partial charge is 0.356 e. The second-order valence-corrected chi connectivity index (χ2v) is 2.00. The fourth-order valence-electron chi connectivity index (χ4n) is 0.697. The highest BCUT2D eigenvalue weighted by Gasteiger charge is 2.09. The van der Waals surface area contributed by atoms with E-state index in [0.717, 1.165) is 0 Å². The van der Waals surface area contributed by atoms with Crippen molar-refractivity contribution in [2.75, 3.05) is 0 Å². The highest BCUT2D eigenvalue weighted by atomic mass is 16.4. The van der Waals surface area contributed by atoms with Crippen LogP contribution in [-0.2, 0) is 7.05 Å². The second-order valence-electron chi connectivity index (χ2n) is 2.00. The van der Waals surface area contributed by atoms with Gasteiger partial charge in [0.25, 0.3) is 0 Å². The fraction of sp³-hybridized carbons (Fsp3) is 0.167. The number of aromatic nitrogens is 2. The Kier molecular flexibility index (Phi) is 1.72. The molecule has 0 aliphatic heterocycles. The summed E-state index contributed by atoms with van der Waals surface area (Å²) in [5.41, 5.74) is 0.136. The molecule has 0 radical (unpaired) electrons. The molecule has 1 rings (SSSR count). The summed E-state index contributed by atoms with van der Waals surface area (Å²) in [5, 5.41) is 12.0. The van der Waals surface area contributed by atoms with Gasteiger partial charge in [0.05, 0.1) is 0 Å². The van der Waals surface area contributed by atoms with Crippen LogP contribution < -0.4 is 0 Å². The SMILES string of the molecule is Cn1nc(C(=O)O)cc1C=O. The topological polar surface area (TPSA) is 72.2 Å². The van der Waals surface area contributed by atoms with Crippen LogP contribution in [0.15, 0.2) is 6.07 Å². The van der Waals surface area contributed by atoms with Gasteiger partial charge < -0.3 is 5.11 Å². The summed E-state index contributed by atoms with van der Waals surface area (Å²) in [4.78, 5) is 20.5. The van der Waals surface area contributed by atoms with Crippen LogP contribution in [0.1, 0.15) is 21.0 Å². The summed E-state index contributed by atoms with van der Waals surface area (Å²) in [6.45, 7) is 0. The van der Waals surface area contributed by atoms with Crippen LogP contribution in [-0.4, -0.2) is 27.1 Å². The lowest BCUT2D eigenvalue weighted by molar-refractivity contribution is 0.0689. The van der Waals surface area contributed by atoms with E-state index >= 15 is 0 Å². The number of carboxylic acid groups (broad SMARTS) is 1. The molecule has 0 bridgehead atoms.